The Kier molecular flexibility index (Phi) is 9.46. The Morgan fingerprint density at radius 3 is 2.24 bits per heavy atom. The minimum atomic E-state index is -0.849. The van der Waals surface area contributed by atoms with Crippen molar-refractivity contribution in [2.24, 2.45) is 0 Å². The second kappa shape index (κ2) is 13.2. The zero-order valence-corrected chi connectivity index (χ0v) is 22.4. The summed E-state index contributed by atoms with van der Waals surface area (Å²) in [5, 5.41) is 4.91. The smallest absolute Gasteiger partial charge is 0.253 e. The molecule has 3 aromatic carbocycles. The molecule has 1 atom stereocenters. The maximum absolute atomic E-state index is 13.2. The molecule has 0 radical (unpaired) electrons. The number of piperazine rings is 1. The fourth-order valence-corrected chi connectivity index (χ4v) is 4.69. The van der Waals surface area contributed by atoms with Crippen LogP contribution in [-0.4, -0.2) is 65.4 Å². The zero-order chi connectivity index (χ0) is 26.9. The first kappa shape index (κ1) is 27.3. The minimum absolute atomic E-state index is 0.231. The van der Waals surface area contributed by atoms with Gasteiger partial charge in [0.15, 0.2) is 0 Å². The average Bonchev–Trinajstić information content (AvgIpc) is 2.97. The van der Waals surface area contributed by atoms with E-state index in [2.05, 4.69) is 26.5 Å². The Morgan fingerprint density at radius 2 is 1.55 bits per heavy atom. The summed E-state index contributed by atoms with van der Waals surface area (Å²) >= 11 is 6.41. The molecule has 0 spiro atoms. The summed E-state index contributed by atoms with van der Waals surface area (Å²) in [6.45, 7) is 3.77. The minimum Gasteiger partial charge on any atom is -0.495 e. The van der Waals surface area contributed by atoms with Crippen LogP contribution in [0.3, 0.4) is 0 Å². The molecule has 9 heteroatoms. The third-order valence-corrected chi connectivity index (χ3v) is 6.92. The van der Waals surface area contributed by atoms with E-state index in [1.807, 2.05) is 42.5 Å². The maximum Gasteiger partial charge on any atom is 0.253 e. The molecule has 1 aliphatic heterocycles. The molecule has 200 valence electrons. The molecule has 1 aliphatic rings. The number of nitrogens with zero attached hydrogens (tertiary/aromatic N) is 2. The van der Waals surface area contributed by atoms with E-state index in [9.17, 15) is 9.59 Å². The number of carbonyl (C=O) groups excluding carboxylic acids is 2. The number of nitrogens with one attached hydrogen (secondary N) is 2. The van der Waals surface area contributed by atoms with E-state index >= 15 is 0 Å². The molecule has 0 saturated carbocycles. The molecule has 1 saturated heterocycles. The SMILES string of the molecule is COCCNC(=O)c1cc(NC(=O)C(Cl)c2ccccc2)ccc1N1CCN(c2ccccc2OC)CC1. The van der Waals surface area contributed by atoms with Gasteiger partial charge in [0.1, 0.15) is 11.1 Å². The number of amides is 2. The number of anilines is 3. The van der Waals surface area contributed by atoms with Gasteiger partial charge in [0.2, 0.25) is 5.91 Å². The van der Waals surface area contributed by atoms with Crippen LogP contribution in [-0.2, 0) is 9.53 Å². The highest BCUT2D eigenvalue weighted by molar-refractivity contribution is 6.32. The summed E-state index contributed by atoms with van der Waals surface area (Å²) in [7, 11) is 3.26. The molecule has 0 aromatic heterocycles. The molecule has 0 bridgehead atoms. The van der Waals surface area contributed by atoms with Crippen LogP contribution in [0.15, 0.2) is 72.8 Å². The van der Waals surface area contributed by atoms with Crippen LogP contribution in [0.1, 0.15) is 21.3 Å². The number of alkyl halides is 1. The van der Waals surface area contributed by atoms with Crippen LogP contribution in [0.2, 0.25) is 0 Å². The molecule has 2 amide bonds. The Bertz CT molecular complexity index is 1230. The van der Waals surface area contributed by atoms with Crippen molar-refractivity contribution in [3.8, 4) is 5.75 Å². The predicted molar refractivity (Wildman–Crippen MR) is 152 cm³/mol. The Labute approximate surface area is 228 Å². The van der Waals surface area contributed by atoms with Crippen LogP contribution in [0.4, 0.5) is 17.1 Å². The van der Waals surface area contributed by atoms with E-state index in [1.165, 1.54) is 0 Å². The van der Waals surface area contributed by atoms with Crippen molar-refractivity contribution in [3.05, 3.63) is 83.9 Å². The maximum atomic E-state index is 13.2. The average molecular weight is 537 g/mol. The van der Waals surface area contributed by atoms with Crippen molar-refractivity contribution >= 4 is 40.5 Å². The number of para-hydroxylation sites is 2. The van der Waals surface area contributed by atoms with Gasteiger partial charge in [-0.05, 0) is 35.9 Å². The van der Waals surface area contributed by atoms with Crippen molar-refractivity contribution in [1.29, 1.82) is 0 Å². The standard InChI is InChI=1S/C29H33ClN4O4/c1-37-19-14-31-28(35)23-20-22(32-29(36)27(30)21-8-4-3-5-9-21)12-13-24(23)33-15-17-34(18-16-33)25-10-6-7-11-26(25)38-2/h3-13,20,27H,14-19H2,1-2H3,(H,31,35)(H,32,36). The monoisotopic (exact) mass is 536 g/mol. The molecule has 0 aliphatic carbocycles. The van der Waals surface area contributed by atoms with E-state index in [1.54, 1.807) is 38.5 Å². The number of ether oxygens (including phenoxy) is 2. The van der Waals surface area contributed by atoms with Gasteiger partial charge in [-0.1, -0.05) is 42.5 Å². The second-order valence-electron chi connectivity index (χ2n) is 8.89. The first-order chi connectivity index (χ1) is 18.5. The van der Waals surface area contributed by atoms with Gasteiger partial charge in [-0.25, -0.2) is 0 Å². The van der Waals surface area contributed by atoms with Crippen LogP contribution in [0, 0.1) is 0 Å². The van der Waals surface area contributed by atoms with E-state index in [4.69, 9.17) is 21.1 Å². The molecule has 4 rings (SSSR count). The summed E-state index contributed by atoms with van der Waals surface area (Å²) < 4.78 is 10.6. The van der Waals surface area contributed by atoms with E-state index in [0.29, 0.717) is 30.0 Å². The Balaban J connectivity index is 1.52. The number of rotatable bonds is 10. The lowest BCUT2D eigenvalue weighted by molar-refractivity contribution is -0.116. The lowest BCUT2D eigenvalue weighted by Crippen LogP contribution is -2.47. The number of carbonyl (C=O) groups is 2. The van der Waals surface area contributed by atoms with Gasteiger partial charge in [0, 0.05) is 51.2 Å². The topological polar surface area (TPSA) is 83.1 Å². The quantitative estimate of drug-likeness (QED) is 0.297. The number of methoxy groups -OCH3 is 2. The summed E-state index contributed by atoms with van der Waals surface area (Å²) in [5.41, 5.74) is 3.55. The number of benzene rings is 3. The van der Waals surface area contributed by atoms with Crippen molar-refractivity contribution in [1.82, 2.24) is 5.32 Å². The fourth-order valence-electron chi connectivity index (χ4n) is 4.49. The zero-order valence-electron chi connectivity index (χ0n) is 21.7. The van der Waals surface area contributed by atoms with Crippen molar-refractivity contribution in [3.63, 3.8) is 0 Å². The number of halogens is 1. The van der Waals surface area contributed by atoms with Crippen molar-refractivity contribution in [2.75, 3.05) is 68.7 Å². The van der Waals surface area contributed by atoms with Crippen molar-refractivity contribution in [2.45, 2.75) is 5.38 Å². The van der Waals surface area contributed by atoms with Crippen LogP contribution < -0.4 is 25.2 Å². The summed E-state index contributed by atoms with van der Waals surface area (Å²) in [4.78, 5) is 30.5. The normalized spacial score (nSPS) is 14.1. The predicted octanol–water partition coefficient (Wildman–Crippen LogP) is 4.32. The highest BCUT2D eigenvalue weighted by atomic mass is 35.5. The van der Waals surface area contributed by atoms with Gasteiger partial charge in [-0.3, -0.25) is 9.59 Å². The molecule has 1 fully saturated rings. The highest BCUT2D eigenvalue weighted by Gasteiger charge is 2.24. The highest BCUT2D eigenvalue weighted by Crippen LogP contribution is 2.31. The molecule has 3 aromatic rings. The van der Waals surface area contributed by atoms with E-state index in [-0.39, 0.29) is 11.8 Å². The van der Waals surface area contributed by atoms with Gasteiger partial charge in [0.25, 0.3) is 5.91 Å². The van der Waals surface area contributed by atoms with Gasteiger partial charge >= 0.3 is 0 Å². The number of hydrogen-bond acceptors (Lipinski definition) is 6. The molecule has 38 heavy (non-hydrogen) atoms. The summed E-state index contributed by atoms with van der Waals surface area (Å²) in [6.07, 6.45) is 0. The first-order valence-electron chi connectivity index (χ1n) is 12.6. The molecule has 1 heterocycles. The van der Waals surface area contributed by atoms with E-state index < -0.39 is 5.38 Å². The Hall–Kier alpha value is -3.75. The lowest BCUT2D eigenvalue weighted by atomic mass is 10.1. The Morgan fingerprint density at radius 1 is 0.895 bits per heavy atom. The lowest BCUT2D eigenvalue weighted by Gasteiger charge is -2.38. The second-order valence-corrected chi connectivity index (χ2v) is 9.33. The van der Waals surface area contributed by atoms with Gasteiger partial charge in [-0.2, -0.15) is 0 Å². The molecule has 1 unspecified atom stereocenters. The van der Waals surface area contributed by atoms with E-state index in [0.717, 1.165) is 43.3 Å². The van der Waals surface area contributed by atoms with Gasteiger partial charge < -0.3 is 29.9 Å². The largest absolute Gasteiger partial charge is 0.495 e. The van der Waals surface area contributed by atoms with Crippen LogP contribution in [0.5, 0.6) is 5.75 Å². The molecule has 2 N–H and O–H groups in total. The third-order valence-electron chi connectivity index (χ3n) is 6.47. The van der Waals surface area contributed by atoms with Gasteiger partial charge in [-0.15, -0.1) is 11.6 Å². The van der Waals surface area contributed by atoms with Crippen molar-refractivity contribution < 1.29 is 19.1 Å². The third kappa shape index (κ3) is 6.57. The number of hydrogen-bond donors (Lipinski definition) is 2. The van der Waals surface area contributed by atoms with Crippen LogP contribution >= 0.6 is 11.6 Å². The fraction of sp³-hybridized carbons (Fsp3) is 0.310. The molecular weight excluding hydrogens is 504 g/mol. The summed E-state index contributed by atoms with van der Waals surface area (Å²) in [5.74, 6) is 0.250. The first-order valence-corrected chi connectivity index (χ1v) is 13.0. The summed E-state index contributed by atoms with van der Waals surface area (Å²) in [6, 6.07) is 22.5. The molecule has 8 nitrogen and oxygen atoms in total. The van der Waals surface area contributed by atoms with Crippen LogP contribution in [0.25, 0.3) is 0 Å². The van der Waals surface area contributed by atoms with Gasteiger partial charge in [0.05, 0.1) is 25.0 Å². The molecular formula is C29H33ClN4O4.